The fraction of sp³-hybridized carbons (Fsp3) is 0.192. The molecule has 3 nitrogen and oxygen atoms in total. The van der Waals surface area contributed by atoms with Crippen LogP contribution >= 0.6 is 11.6 Å². The first-order valence-electron chi connectivity index (χ1n) is 10.1. The molecule has 1 heterocycles. The Morgan fingerprint density at radius 2 is 1.50 bits per heavy atom. The number of rotatable bonds is 5. The van der Waals surface area contributed by atoms with Gasteiger partial charge in [-0.15, -0.1) is 0 Å². The lowest BCUT2D eigenvalue weighted by atomic mass is 9.94. The molecule has 0 unspecified atom stereocenters. The average Bonchev–Trinajstić information content (AvgIpc) is 2.75. The molecule has 0 amide bonds. The van der Waals surface area contributed by atoms with Crippen molar-refractivity contribution in [1.82, 2.24) is 9.88 Å². The minimum atomic E-state index is 0.0299. The van der Waals surface area contributed by atoms with Crippen LogP contribution in [-0.2, 0) is 20.1 Å². The Morgan fingerprint density at radius 1 is 0.867 bits per heavy atom. The molecule has 0 aliphatic carbocycles. The Hall–Kier alpha value is -2.88. The smallest absolute Gasteiger partial charge is 0.258 e. The summed E-state index contributed by atoms with van der Waals surface area (Å²) >= 11 is 6.30. The molecule has 152 valence electrons. The van der Waals surface area contributed by atoms with Crippen LogP contribution in [0.1, 0.15) is 22.4 Å². The van der Waals surface area contributed by atoms with Crippen LogP contribution in [0.5, 0.6) is 0 Å². The van der Waals surface area contributed by atoms with Gasteiger partial charge in [0.05, 0.1) is 0 Å². The predicted octanol–water partition coefficient (Wildman–Crippen LogP) is 5.77. The van der Waals surface area contributed by atoms with E-state index in [1.54, 1.807) is 4.57 Å². The van der Waals surface area contributed by atoms with Crippen molar-refractivity contribution in [3.63, 3.8) is 0 Å². The van der Waals surface area contributed by atoms with Gasteiger partial charge in [-0.2, -0.15) is 0 Å². The summed E-state index contributed by atoms with van der Waals surface area (Å²) < 4.78 is 1.78. The zero-order valence-corrected chi connectivity index (χ0v) is 18.3. The molecular formula is C26H25ClN2O. The van der Waals surface area contributed by atoms with Gasteiger partial charge in [0.1, 0.15) is 0 Å². The van der Waals surface area contributed by atoms with Gasteiger partial charge < -0.3 is 9.88 Å². The molecule has 1 N–H and O–H groups in total. The number of nitrogens with zero attached hydrogens (tertiary/aromatic N) is 1. The minimum absolute atomic E-state index is 0.0299. The third kappa shape index (κ3) is 3.79. The van der Waals surface area contributed by atoms with Crippen LogP contribution in [0.3, 0.4) is 0 Å². The number of nitrogens with one attached hydrogen (secondary N) is 1. The summed E-state index contributed by atoms with van der Waals surface area (Å²) in [7, 11) is 1.86. The number of pyridine rings is 1. The maximum absolute atomic E-state index is 13.2. The van der Waals surface area contributed by atoms with Crippen molar-refractivity contribution in [1.29, 1.82) is 0 Å². The van der Waals surface area contributed by atoms with Crippen LogP contribution in [0, 0.1) is 13.8 Å². The van der Waals surface area contributed by atoms with E-state index >= 15 is 0 Å². The third-order valence-corrected chi connectivity index (χ3v) is 6.13. The van der Waals surface area contributed by atoms with E-state index in [4.69, 9.17) is 11.6 Å². The summed E-state index contributed by atoms with van der Waals surface area (Å²) in [4.78, 5) is 13.2. The van der Waals surface area contributed by atoms with Crippen molar-refractivity contribution in [2.45, 2.75) is 26.9 Å². The summed E-state index contributed by atoms with van der Waals surface area (Å²) in [6.07, 6.45) is 0. The summed E-state index contributed by atoms with van der Waals surface area (Å²) in [5, 5.41) is 5.99. The zero-order chi connectivity index (χ0) is 21.3. The van der Waals surface area contributed by atoms with Crippen LogP contribution in [-0.4, -0.2) is 4.57 Å². The third-order valence-electron chi connectivity index (χ3n) is 5.76. The second-order valence-electron chi connectivity index (χ2n) is 7.73. The largest absolute Gasteiger partial charge is 0.313 e. The van der Waals surface area contributed by atoms with Crippen molar-refractivity contribution < 1.29 is 0 Å². The second-order valence-corrected chi connectivity index (χ2v) is 8.14. The van der Waals surface area contributed by atoms with Crippen molar-refractivity contribution in [2.24, 2.45) is 7.05 Å². The molecule has 30 heavy (non-hydrogen) atoms. The first-order valence-corrected chi connectivity index (χ1v) is 10.5. The Kier molecular flexibility index (Phi) is 5.76. The Morgan fingerprint density at radius 3 is 2.20 bits per heavy atom. The van der Waals surface area contributed by atoms with Gasteiger partial charge in [-0.3, -0.25) is 4.79 Å². The summed E-state index contributed by atoms with van der Waals surface area (Å²) in [5.74, 6) is 0. The fourth-order valence-corrected chi connectivity index (χ4v) is 4.12. The van der Waals surface area contributed by atoms with Gasteiger partial charge in [0.25, 0.3) is 5.56 Å². The van der Waals surface area contributed by atoms with Gasteiger partial charge >= 0.3 is 0 Å². The molecule has 4 heteroatoms. The number of hydrogen-bond acceptors (Lipinski definition) is 2. The molecule has 3 aromatic carbocycles. The lowest BCUT2D eigenvalue weighted by molar-refractivity contribution is 0.646. The van der Waals surface area contributed by atoms with Crippen molar-refractivity contribution in [2.75, 3.05) is 0 Å². The number of aromatic nitrogens is 1. The highest BCUT2D eigenvalue weighted by atomic mass is 35.5. The van der Waals surface area contributed by atoms with E-state index in [0.29, 0.717) is 13.1 Å². The molecule has 4 aromatic rings. The number of benzene rings is 3. The highest BCUT2D eigenvalue weighted by Crippen LogP contribution is 2.32. The van der Waals surface area contributed by atoms with Crippen LogP contribution in [0.25, 0.3) is 21.9 Å². The lowest BCUT2D eigenvalue weighted by Gasteiger charge is -2.19. The lowest BCUT2D eigenvalue weighted by Crippen LogP contribution is -2.26. The van der Waals surface area contributed by atoms with Crippen LogP contribution in [0.15, 0.2) is 71.5 Å². The van der Waals surface area contributed by atoms with E-state index in [9.17, 15) is 4.79 Å². The quantitative estimate of drug-likeness (QED) is 0.448. The minimum Gasteiger partial charge on any atom is -0.313 e. The van der Waals surface area contributed by atoms with E-state index in [1.807, 2.05) is 55.6 Å². The molecular weight excluding hydrogens is 392 g/mol. The number of fused-ring (bicyclic) bond motifs is 1. The fourth-order valence-electron chi connectivity index (χ4n) is 3.92. The van der Waals surface area contributed by atoms with Gasteiger partial charge in [-0.1, -0.05) is 66.2 Å². The van der Waals surface area contributed by atoms with Gasteiger partial charge in [-0.25, -0.2) is 0 Å². The Bertz CT molecular complexity index is 1280. The number of aryl methyl sites for hydroxylation is 2. The molecule has 0 spiro atoms. The Labute approximate surface area is 181 Å². The van der Waals surface area contributed by atoms with Crippen molar-refractivity contribution in [3.8, 4) is 11.1 Å². The normalized spacial score (nSPS) is 11.2. The maximum Gasteiger partial charge on any atom is 0.258 e. The first-order chi connectivity index (χ1) is 14.5. The monoisotopic (exact) mass is 416 g/mol. The standard InChI is InChI=1S/C26H25ClN2O/c1-17-13-21-22(14-18(17)2)26(30)29(3)24(25(21)19-9-5-4-6-10-19)16-28-15-20-11-7-8-12-23(20)27/h4-14,28H,15-16H2,1-3H3. The van der Waals surface area contributed by atoms with E-state index in [1.165, 1.54) is 5.56 Å². The highest BCUT2D eigenvalue weighted by Gasteiger charge is 2.17. The number of halogens is 1. The van der Waals surface area contributed by atoms with Crippen molar-refractivity contribution in [3.05, 3.63) is 104 Å². The summed E-state index contributed by atoms with van der Waals surface area (Å²) in [6.45, 7) is 5.34. The van der Waals surface area contributed by atoms with Gasteiger partial charge in [0.2, 0.25) is 0 Å². The molecule has 4 rings (SSSR count). The second kappa shape index (κ2) is 8.47. The van der Waals surface area contributed by atoms with Gasteiger partial charge in [0, 0.05) is 41.8 Å². The van der Waals surface area contributed by atoms with Gasteiger partial charge in [-0.05, 0) is 53.6 Å². The number of hydrogen-bond donors (Lipinski definition) is 1. The van der Waals surface area contributed by atoms with E-state index in [0.717, 1.165) is 43.7 Å². The van der Waals surface area contributed by atoms with Crippen LogP contribution in [0.2, 0.25) is 5.02 Å². The molecule has 0 aliphatic rings. The predicted molar refractivity (Wildman–Crippen MR) is 126 cm³/mol. The SMILES string of the molecule is Cc1cc2c(-c3ccccc3)c(CNCc3ccccc3Cl)n(C)c(=O)c2cc1C. The van der Waals surface area contributed by atoms with Gasteiger partial charge in [0.15, 0.2) is 0 Å². The molecule has 0 bridgehead atoms. The maximum atomic E-state index is 13.2. The Balaban J connectivity index is 1.85. The molecule has 0 fully saturated rings. The highest BCUT2D eigenvalue weighted by molar-refractivity contribution is 6.31. The molecule has 0 radical (unpaired) electrons. The topological polar surface area (TPSA) is 34.0 Å². The molecule has 0 aliphatic heterocycles. The van der Waals surface area contributed by atoms with Crippen LogP contribution in [0.4, 0.5) is 0 Å². The van der Waals surface area contributed by atoms with E-state index < -0.39 is 0 Å². The average molecular weight is 417 g/mol. The summed E-state index contributed by atoms with van der Waals surface area (Å²) in [6, 6.07) is 22.3. The molecule has 0 atom stereocenters. The van der Waals surface area contributed by atoms with Crippen molar-refractivity contribution >= 4 is 22.4 Å². The van der Waals surface area contributed by atoms with Crippen LogP contribution < -0.4 is 10.9 Å². The van der Waals surface area contributed by atoms with E-state index in [-0.39, 0.29) is 5.56 Å². The molecule has 1 aromatic heterocycles. The molecule has 0 saturated heterocycles. The zero-order valence-electron chi connectivity index (χ0n) is 17.5. The van der Waals surface area contributed by atoms with E-state index in [2.05, 4.69) is 37.4 Å². The first kappa shape index (κ1) is 20.4. The molecule has 0 saturated carbocycles. The summed E-state index contributed by atoms with van der Waals surface area (Å²) in [5.41, 5.74) is 6.55.